The number of aromatic nitrogens is 1. The van der Waals surface area contributed by atoms with Gasteiger partial charge in [-0.25, -0.2) is 4.98 Å². The van der Waals surface area contributed by atoms with Gasteiger partial charge in [-0.05, 0) is 36.0 Å². The van der Waals surface area contributed by atoms with Crippen molar-refractivity contribution in [2.45, 2.75) is 46.1 Å². The summed E-state index contributed by atoms with van der Waals surface area (Å²) in [6.07, 6.45) is 3.89. The van der Waals surface area contributed by atoms with Crippen molar-refractivity contribution >= 4 is 23.0 Å². The van der Waals surface area contributed by atoms with Gasteiger partial charge in [0.25, 0.3) is 16.8 Å². The van der Waals surface area contributed by atoms with E-state index in [1.54, 1.807) is 14.1 Å². The van der Waals surface area contributed by atoms with Gasteiger partial charge in [-0.3, -0.25) is 14.4 Å². The molecule has 174 valence electrons. The lowest BCUT2D eigenvalue weighted by Gasteiger charge is -2.38. The van der Waals surface area contributed by atoms with E-state index in [0.29, 0.717) is 0 Å². The summed E-state index contributed by atoms with van der Waals surface area (Å²) in [5, 5.41) is 16.6. The van der Waals surface area contributed by atoms with Crippen LogP contribution in [0.5, 0.6) is 5.75 Å². The van der Waals surface area contributed by atoms with E-state index in [9.17, 15) is 19.5 Å². The average Bonchev–Trinajstić information content (AvgIpc) is 3.20. The van der Waals surface area contributed by atoms with Crippen molar-refractivity contribution in [2.24, 2.45) is 5.41 Å². The zero-order chi connectivity index (χ0) is 24.1. The molecule has 0 aliphatic heterocycles. The SMILES string of the molecule is CCc1cc2c(o1)[C@@H](Nc1c(Nc3ccnc(C(=O)N(C)C)c3O)c(=O)c1=O)C(C)(C)CC2. The van der Waals surface area contributed by atoms with E-state index in [1.165, 1.54) is 17.2 Å². The average molecular weight is 453 g/mol. The van der Waals surface area contributed by atoms with Gasteiger partial charge in [-0.1, -0.05) is 20.8 Å². The number of anilines is 3. The molecule has 0 radical (unpaired) electrons. The van der Waals surface area contributed by atoms with Crippen molar-refractivity contribution in [1.82, 2.24) is 9.88 Å². The number of nitrogens with zero attached hydrogens (tertiary/aromatic N) is 2. The second-order valence-corrected chi connectivity index (χ2v) is 9.31. The van der Waals surface area contributed by atoms with E-state index >= 15 is 0 Å². The number of carbonyl (C=O) groups is 1. The number of hydrogen-bond donors (Lipinski definition) is 3. The van der Waals surface area contributed by atoms with Crippen LogP contribution >= 0.6 is 0 Å². The largest absolute Gasteiger partial charge is 0.504 e. The maximum Gasteiger partial charge on any atom is 0.275 e. The number of rotatable bonds is 6. The quantitative estimate of drug-likeness (QED) is 0.487. The molecule has 9 nitrogen and oxygen atoms in total. The Bertz CT molecular complexity index is 1300. The number of carbonyl (C=O) groups excluding carboxylic acids is 1. The molecule has 33 heavy (non-hydrogen) atoms. The lowest BCUT2D eigenvalue weighted by atomic mass is 9.73. The van der Waals surface area contributed by atoms with E-state index < -0.39 is 22.5 Å². The van der Waals surface area contributed by atoms with Gasteiger partial charge in [0.15, 0.2) is 11.4 Å². The topological polar surface area (TPSA) is 125 Å². The Morgan fingerprint density at radius 1 is 1.27 bits per heavy atom. The maximum atomic E-state index is 12.5. The van der Waals surface area contributed by atoms with Crippen LogP contribution in [0.2, 0.25) is 0 Å². The number of fused-ring (bicyclic) bond motifs is 1. The molecular weight excluding hydrogens is 424 g/mol. The monoisotopic (exact) mass is 452 g/mol. The van der Waals surface area contributed by atoms with Crippen molar-refractivity contribution in [1.29, 1.82) is 0 Å². The highest BCUT2D eigenvalue weighted by Crippen LogP contribution is 2.47. The predicted molar refractivity (Wildman–Crippen MR) is 125 cm³/mol. The number of furan rings is 1. The first-order valence-corrected chi connectivity index (χ1v) is 10.9. The summed E-state index contributed by atoms with van der Waals surface area (Å²) in [5.74, 6) is 0.787. The molecule has 9 heteroatoms. The Morgan fingerprint density at radius 3 is 2.64 bits per heavy atom. The number of pyridine rings is 1. The van der Waals surface area contributed by atoms with Crippen LogP contribution in [-0.4, -0.2) is 35.0 Å². The van der Waals surface area contributed by atoms with Crippen LogP contribution in [0.15, 0.2) is 32.3 Å². The second kappa shape index (κ2) is 8.06. The normalized spacial score (nSPS) is 16.9. The molecule has 2 heterocycles. The Hall–Kier alpha value is -3.62. The molecule has 0 saturated heterocycles. The lowest BCUT2D eigenvalue weighted by molar-refractivity contribution is 0.0819. The molecule has 0 spiro atoms. The lowest BCUT2D eigenvalue weighted by Crippen LogP contribution is -2.41. The number of amides is 1. The summed E-state index contributed by atoms with van der Waals surface area (Å²) in [7, 11) is 3.09. The van der Waals surface area contributed by atoms with Gasteiger partial charge in [0.1, 0.15) is 22.9 Å². The summed E-state index contributed by atoms with van der Waals surface area (Å²) in [4.78, 5) is 42.4. The minimum absolute atomic E-state index is 0.0370. The summed E-state index contributed by atoms with van der Waals surface area (Å²) in [5.41, 5.74) is -0.323. The van der Waals surface area contributed by atoms with E-state index in [2.05, 4.69) is 35.5 Å². The molecule has 1 aliphatic rings. The van der Waals surface area contributed by atoms with Gasteiger partial charge < -0.3 is 25.1 Å². The van der Waals surface area contributed by atoms with Gasteiger partial charge in [-0.15, -0.1) is 0 Å². The van der Waals surface area contributed by atoms with Crippen molar-refractivity contribution < 1.29 is 14.3 Å². The molecule has 1 atom stereocenters. The first-order chi connectivity index (χ1) is 15.5. The third-order valence-corrected chi connectivity index (χ3v) is 6.32. The third-order valence-electron chi connectivity index (χ3n) is 6.32. The zero-order valence-corrected chi connectivity index (χ0v) is 19.4. The van der Waals surface area contributed by atoms with E-state index in [1.807, 2.05) is 6.92 Å². The Morgan fingerprint density at radius 2 is 1.97 bits per heavy atom. The predicted octanol–water partition coefficient (Wildman–Crippen LogP) is 3.11. The van der Waals surface area contributed by atoms with Crippen molar-refractivity contribution in [2.75, 3.05) is 24.7 Å². The standard InChI is InChI=1S/C24H28N4O5/c1-6-13-11-12-7-9-24(2,3)22(21(12)33-13)27-16-15(19(30)20(16)31)26-14-8-10-25-17(18(14)29)23(32)28(4)5/h8,10-11,22,27,29H,6-7,9H2,1-5H3,(H,25,26)/t22-/m1/s1. The minimum Gasteiger partial charge on any atom is -0.504 e. The minimum atomic E-state index is -0.697. The van der Waals surface area contributed by atoms with Crippen LogP contribution in [0.3, 0.4) is 0 Å². The fourth-order valence-electron chi connectivity index (χ4n) is 4.18. The third kappa shape index (κ3) is 3.77. The molecule has 2 aromatic heterocycles. The maximum absolute atomic E-state index is 12.5. The van der Waals surface area contributed by atoms with Crippen LogP contribution in [0.1, 0.15) is 60.8 Å². The van der Waals surface area contributed by atoms with Crippen LogP contribution in [0.25, 0.3) is 0 Å². The van der Waals surface area contributed by atoms with Crippen LogP contribution in [0.4, 0.5) is 17.1 Å². The molecule has 1 aromatic carbocycles. The van der Waals surface area contributed by atoms with E-state index in [0.717, 1.165) is 36.3 Å². The van der Waals surface area contributed by atoms with Gasteiger partial charge >= 0.3 is 0 Å². The molecule has 4 rings (SSSR count). The van der Waals surface area contributed by atoms with Crippen LogP contribution in [0, 0.1) is 5.41 Å². The highest BCUT2D eigenvalue weighted by atomic mass is 16.3. The smallest absolute Gasteiger partial charge is 0.275 e. The highest BCUT2D eigenvalue weighted by molar-refractivity contribution is 5.97. The second-order valence-electron chi connectivity index (χ2n) is 9.31. The molecular formula is C24H28N4O5. The number of nitrogens with one attached hydrogen (secondary N) is 2. The van der Waals surface area contributed by atoms with Gasteiger partial charge in [-0.2, -0.15) is 0 Å². The fraction of sp³-hybridized carbons (Fsp3) is 0.417. The van der Waals surface area contributed by atoms with Gasteiger partial charge in [0, 0.05) is 26.7 Å². The summed E-state index contributed by atoms with van der Waals surface area (Å²) in [6.45, 7) is 6.20. The van der Waals surface area contributed by atoms with Gasteiger partial charge in [0.2, 0.25) is 0 Å². The first-order valence-electron chi connectivity index (χ1n) is 10.9. The number of aromatic hydroxyl groups is 1. The molecule has 3 aromatic rings. The zero-order valence-electron chi connectivity index (χ0n) is 19.4. The van der Waals surface area contributed by atoms with Crippen LogP contribution < -0.4 is 21.5 Å². The van der Waals surface area contributed by atoms with E-state index in [-0.39, 0.29) is 34.2 Å². The highest BCUT2D eigenvalue weighted by Gasteiger charge is 2.40. The molecule has 0 saturated carbocycles. The van der Waals surface area contributed by atoms with E-state index in [4.69, 9.17) is 4.42 Å². The van der Waals surface area contributed by atoms with Crippen LogP contribution in [-0.2, 0) is 12.8 Å². The summed E-state index contributed by atoms with van der Waals surface area (Å²) in [6, 6.07) is 3.19. The molecule has 0 unspecified atom stereocenters. The number of hydrogen-bond acceptors (Lipinski definition) is 8. The molecule has 0 fully saturated rings. The van der Waals surface area contributed by atoms with Gasteiger partial charge in [0.05, 0.1) is 11.7 Å². The Balaban J connectivity index is 1.68. The summed E-state index contributed by atoms with van der Waals surface area (Å²) >= 11 is 0. The fourth-order valence-corrected chi connectivity index (χ4v) is 4.18. The van der Waals surface area contributed by atoms with Crippen molar-refractivity contribution in [3.63, 3.8) is 0 Å². The molecule has 1 amide bonds. The summed E-state index contributed by atoms with van der Waals surface area (Å²) < 4.78 is 6.08. The molecule has 1 aliphatic carbocycles. The Kier molecular flexibility index (Phi) is 5.51. The first kappa shape index (κ1) is 22.6. The van der Waals surface area contributed by atoms with Crippen molar-refractivity contribution in [3.8, 4) is 5.75 Å². The Labute approximate surface area is 191 Å². The number of aryl methyl sites for hydroxylation is 2. The molecule has 0 bridgehead atoms. The van der Waals surface area contributed by atoms with Crippen molar-refractivity contribution in [3.05, 3.63) is 61.6 Å². The molecule has 3 N–H and O–H groups in total.